The van der Waals surface area contributed by atoms with Crippen molar-refractivity contribution in [2.24, 2.45) is 0 Å². The average Bonchev–Trinajstić information content (AvgIpc) is 2.25. The summed E-state index contributed by atoms with van der Waals surface area (Å²) in [7, 11) is -3.90. The highest BCUT2D eigenvalue weighted by molar-refractivity contribution is 7.89. The Morgan fingerprint density at radius 3 is 2.71 bits per heavy atom. The Kier molecular flexibility index (Phi) is 4.46. The molecule has 0 aromatic heterocycles. The van der Waals surface area contributed by atoms with Gasteiger partial charge in [0.15, 0.2) is 0 Å². The summed E-state index contributed by atoms with van der Waals surface area (Å²) in [6.07, 6.45) is 0.328. The molecule has 4 nitrogen and oxygen atoms in total. The molecule has 0 aliphatic rings. The zero-order chi connectivity index (χ0) is 13.1. The van der Waals surface area contributed by atoms with E-state index in [9.17, 15) is 12.8 Å². The van der Waals surface area contributed by atoms with Crippen LogP contribution in [0.15, 0.2) is 23.1 Å². The predicted octanol–water partition coefficient (Wildman–Crippen LogP) is 2.06. The van der Waals surface area contributed by atoms with E-state index in [-0.39, 0.29) is 9.92 Å². The fourth-order valence-electron chi connectivity index (χ4n) is 1.14. The quantitative estimate of drug-likeness (QED) is 0.915. The van der Waals surface area contributed by atoms with E-state index in [4.69, 9.17) is 16.9 Å². The van der Waals surface area contributed by atoms with E-state index in [0.29, 0.717) is 6.42 Å². The number of hydrogen-bond acceptors (Lipinski definition) is 3. The smallest absolute Gasteiger partial charge is 0.207 e. The van der Waals surface area contributed by atoms with E-state index in [1.165, 1.54) is 0 Å². The highest BCUT2D eigenvalue weighted by Gasteiger charge is 2.21. The number of nitrogens with zero attached hydrogens (tertiary/aromatic N) is 1. The zero-order valence-corrected chi connectivity index (χ0v) is 10.5. The molecule has 0 radical (unpaired) electrons. The van der Waals surface area contributed by atoms with Gasteiger partial charge in [-0.05, 0) is 24.6 Å². The van der Waals surface area contributed by atoms with Crippen LogP contribution in [0.3, 0.4) is 0 Å². The Hall–Kier alpha value is -1.16. The molecule has 1 N–H and O–H groups in total. The molecule has 1 aromatic rings. The van der Waals surface area contributed by atoms with Crippen LogP contribution in [0.2, 0.25) is 5.02 Å². The summed E-state index contributed by atoms with van der Waals surface area (Å²) in [6.45, 7) is 1.67. The van der Waals surface area contributed by atoms with Crippen LogP contribution in [-0.4, -0.2) is 14.5 Å². The summed E-state index contributed by atoms with van der Waals surface area (Å²) >= 11 is 5.64. The van der Waals surface area contributed by atoms with E-state index in [1.54, 1.807) is 13.0 Å². The lowest BCUT2D eigenvalue weighted by atomic mass is 10.3. The molecule has 1 aromatic carbocycles. The van der Waals surface area contributed by atoms with E-state index < -0.39 is 21.9 Å². The third kappa shape index (κ3) is 3.40. The number of rotatable bonds is 4. The largest absolute Gasteiger partial charge is 0.243 e. The fraction of sp³-hybridized carbons (Fsp3) is 0.300. The van der Waals surface area contributed by atoms with Crippen molar-refractivity contribution in [1.29, 1.82) is 5.26 Å². The molecule has 0 spiro atoms. The maximum absolute atomic E-state index is 12.8. The highest BCUT2D eigenvalue weighted by atomic mass is 35.5. The second-order valence-corrected chi connectivity index (χ2v) is 5.38. The van der Waals surface area contributed by atoms with Crippen LogP contribution in [0.4, 0.5) is 4.39 Å². The first-order valence-corrected chi connectivity index (χ1v) is 6.64. The van der Waals surface area contributed by atoms with Gasteiger partial charge in [0.1, 0.15) is 16.8 Å². The summed E-state index contributed by atoms with van der Waals surface area (Å²) < 4.78 is 38.6. The van der Waals surface area contributed by atoms with Crippen molar-refractivity contribution < 1.29 is 12.8 Å². The number of hydrogen-bond donors (Lipinski definition) is 1. The standard InChI is InChI=1S/C10H10ClFN2O2S/c1-2-8(6-13)14-17(15,16)10-4-3-7(12)5-9(10)11/h3-5,8,14H,2H2,1H3/t8-/m0/s1. The molecule has 17 heavy (non-hydrogen) atoms. The van der Waals surface area contributed by atoms with Gasteiger partial charge in [-0.15, -0.1) is 0 Å². The van der Waals surface area contributed by atoms with Gasteiger partial charge in [-0.25, -0.2) is 12.8 Å². The number of nitriles is 1. The van der Waals surface area contributed by atoms with Gasteiger partial charge in [-0.1, -0.05) is 18.5 Å². The van der Waals surface area contributed by atoms with Crippen LogP contribution in [0.5, 0.6) is 0 Å². The molecule has 92 valence electrons. The summed E-state index contributed by atoms with van der Waals surface area (Å²) in [5.74, 6) is -0.624. The topological polar surface area (TPSA) is 70.0 Å². The monoisotopic (exact) mass is 276 g/mol. The average molecular weight is 277 g/mol. The number of nitrogens with one attached hydrogen (secondary N) is 1. The maximum atomic E-state index is 12.8. The Labute approximate surface area is 104 Å². The molecular weight excluding hydrogens is 267 g/mol. The van der Waals surface area contributed by atoms with Crippen LogP contribution in [0.25, 0.3) is 0 Å². The lowest BCUT2D eigenvalue weighted by Crippen LogP contribution is -2.33. The Morgan fingerprint density at radius 1 is 1.59 bits per heavy atom. The van der Waals surface area contributed by atoms with Crippen LogP contribution >= 0.6 is 11.6 Å². The second-order valence-electron chi connectivity index (χ2n) is 3.29. The Bertz CT molecular complexity index is 554. The predicted molar refractivity (Wildman–Crippen MR) is 61.4 cm³/mol. The number of halogens is 2. The van der Waals surface area contributed by atoms with Crippen LogP contribution in [0.1, 0.15) is 13.3 Å². The van der Waals surface area contributed by atoms with Gasteiger partial charge in [0, 0.05) is 0 Å². The van der Waals surface area contributed by atoms with Gasteiger partial charge >= 0.3 is 0 Å². The van der Waals surface area contributed by atoms with Gasteiger partial charge < -0.3 is 0 Å². The normalized spacial score (nSPS) is 13.1. The highest BCUT2D eigenvalue weighted by Crippen LogP contribution is 2.22. The minimum Gasteiger partial charge on any atom is -0.207 e. The second kappa shape index (κ2) is 5.45. The lowest BCUT2D eigenvalue weighted by molar-refractivity contribution is 0.569. The number of benzene rings is 1. The molecule has 0 aliphatic heterocycles. The lowest BCUT2D eigenvalue weighted by Gasteiger charge is -2.11. The van der Waals surface area contributed by atoms with Gasteiger partial charge in [0.25, 0.3) is 0 Å². The molecule has 1 atom stereocenters. The molecule has 0 bridgehead atoms. The molecule has 0 unspecified atom stereocenters. The minimum atomic E-state index is -3.90. The summed E-state index contributed by atoms with van der Waals surface area (Å²) in [5.41, 5.74) is 0. The molecule has 0 aliphatic carbocycles. The molecule has 7 heteroatoms. The fourth-order valence-corrected chi connectivity index (χ4v) is 2.90. The van der Waals surface area contributed by atoms with E-state index in [1.807, 2.05) is 0 Å². The summed E-state index contributed by atoms with van der Waals surface area (Å²) in [5, 5.41) is 8.46. The van der Waals surface area contributed by atoms with Crippen molar-refractivity contribution in [3.63, 3.8) is 0 Å². The zero-order valence-electron chi connectivity index (χ0n) is 8.94. The van der Waals surface area contributed by atoms with Crippen molar-refractivity contribution in [1.82, 2.24) is 4.72 Å². The van der Waals surface area contributed by atoms with Crippen LogP contribution < -0.4 is 4.72 Å². The third-order valence-electron chi connectivity index (χ3n) is 2.04. The first-order chi connectivity index (χ1) is 7.90. The summed E-state index contributed by atoms with van der Waals surface area (Å²) in [6, 6.07) is 3.93. The molecule has 0 amide bonds. The maximum Gasteiger partial charge on any atom is 0.243 e. The van der Waals surface area contributed by atoms with Crippen molar-refractivity contribution in [2.75, 3.05) is 0 Å². The molecular formula is C10H10ClFN2O2S. The molecule has 1 rings (SSSR count). The van der Waals surface area contributed by atoms with Gasteiger partial charge in [-0.2, -0.15) is 9.98 Å². The molecule has 0 saturated heterocycles. The Morgan fingerprint density at radius 2 is 2.24 bits per heavy atom. The minimum absolute atomic E-state index is 0.217. The third-order valence-corrected chi connectivity index (χ3v) is 4.00. The first-order valence-electron chi connectivity index (χ1n) is 4.77. The van der Waals surface area contributed by atoms with Crippen molar-refractivity contribution in [2.45, 2.75) is 24.3 Å². The van der Waals surface area contributed by atoms with Crippen LogP contribution in [0, 0.1) is 17.1 Å². The van der Waals surface area contributed by atoms with E-state index >= 15 is 0 Å². The summed E-state index contributed by atoms with van der Waals surface area (Å²) in [4.78, 5) is -0.241. The molecule has 0 saturated carbocycles. The molecule has 0 fully saturated rings. The SMILES string of the molecule is CC[C@@H](C#N)NS(=O)(=O)c1ccc(F)cc1Cl. The van der Waals surface area contributed by atoms with Crippen molar-refractivity contribution in [3.8, 4) is 6.07 Å². The van der Waals surface area contributed by atoms with E-state index in [0.717, 1.165) is 18.2 Å². The van der Waals surface area contributed by atoms with Crippen molar-refractivity contribution >= 4 is 21.6 Å². The Balaban J connectivity index is 3.10. The van der Waals surface area contributed by atoms with Crippen molar-refractivity contribution in [3.05, 3.63) is 29.0 Å². The first kappa shape index (κ1) is 13.9. The van der Waals surface area contributed by atoms with E-state index in [2.05, 4.69) is 4.72 Å². The molecule has 0 heterocycles. The number of sulfonamides is 1. The van der Waals surface area contributed by atoms with Gasteiger partial charge in [0.2, 0.25) is 10.0 Å². The van der Waals surface area contributed by atoms with Crippen LogP contribution in [-0.2, 0) is 10.0 Å². The van der Waals surface area contributed by atoms with Gasteiger partial charge in [-0.3, -0.25) is 0 Å². The van der Waals surface area contributed by atoms with Gasteiger partial charge in [0.05, 0.1) is 11.1 Å².